The SMILES string of the molecule is CCOC(=O)c1nc(NCC2(OC)CCC2)sc1C. The van der Waals surface area contributed by atoms with Crippen LogP contribution in [0.5, 0.6) is 0 Å². The van der Waals surface area contributed by atoms with Crippen LogP contribution in [0.3, 0.4) is 0 Å². The highest BCUT2D eigenvalue weighted by molar-refractivity contribution is 7.15. The molecule has 1 aromatic rings. The number of methoxy groups -OCH3 is 1. The summed E-state index contributed by atoms with van der Waals surface area (Å²) in [5.74, 6) is -0.352. The smallest absolute Gasteiger partial charge is 0.358 e. The Bertz CT molecular complexity index is 449. The molecular weight excluding hydrogens is 264 g/mol. The number of anilines is 1. The molecule has 6 heteroatoms. The molecule has 0 spiro atoms. The minimum atomic E-state index is -0.352. The van der Waals surface area contributed by atoms with E-state index in [9.17, 15) is 4.79 Å². The molecule has 1 aliphatic carbocycles. The Balaban J connectivity index is 1.98. The summed E-state index contributed by atoms with van der Waals surface area (Å²) in [6, 6.07) is 0. The summed E-state index contributed by atoms with van der Waals surface area (Å²) in [5.41, 5.74) is 0.360. The average Bonchev–Trinajstić information content (AvgIpc) is 2.70. The van der Waals surface area contributed by atoms with Crippen LogP contribution >= 0.6 is 11.3 Å². The normalized spacial score (nSPS) is 16.8. The third kappa shape index (κ3) is 3.06. The van der Waals surface area contributed by atoms with Crippen molar-refractivity contribution in [3.63, 3.8) is 0 Å². The van der Waals surface area contributed by atoms with E-state index in [1.54, 1.807) is 14.0 Å². The number of aryl methyl sites for hydroxylation is 1. The Labute approximate surface area is 117 Å². The molecule has 19 heavy (non-hydrogen) atoms. The van der Waals surface area contributed by atoms with Crippen molar-refractivity contribution in [1.29, 1.82) is 0 Å². The first-order valence-corrected chi connectivity index (χ1v) is 7.35. The first-order chi connectivity index (χ1) is 9.10. The second-order valence-corrected chi connectivity index (χ2v) is 5.94. The maximum atomic E-state index is 11.7. The maximum absolute atomic E-state index is 11.7. The Morgan fingerprint density at radius 3 is 2.79 bits per heavy atom. The molecular formula is C13H20N2O3S. The van der Waals surface area contributed by atoms with E-state index in [2.05, 4.69) is 10.3 Å². The number of hydrogen-bond acceptors (Lipinski definition) is 6. The molecule has 2 rings (SSSR count). The van der Waals surface area contributed by atoms with Crippen molar-refractivity contribution in [2.24, 2.45) is 0 Å². The van der Waals surface area contributed by atoms with E-state index in [0.29, 0.717) is 12.3 Å². The lowest BCUT2D eigenvalue weighted by molar-refractivity contribution is -0.0601. The van der Waals surface area contributed by atoms with Crippen LogP contribution in [-0.2, 0) is 9.47 Å². The number of aromatic nitrogens is 1. The van der Waals surface area contributed by atoms with Gasteiger partial charge in [-0.25, -0.2) is 9.78 Å². The number of nitrogens with zero attached hydrogens (tertiary/aromatic N) is 1. The van der Waals surface area contributed by atoms with E-state index in [0.717, 1.165) is 29.4 Å². The molecule has 5 nitrogen and oxygen atoms in total. The summed E-state index contributed by atoms with van der Waals surface area (Å²) in [6.07, 6.45) is 3.36. The Morgan fingerprint density at radius 2 is 2.26 bits per heavy atom. The number of thiazole rings is 1. The van der Waals surface area contributed by atoms with Crippen molar-refractivity contribution in [2.75, 3.05) is 25.6 Å². The van der Waals surface area contributed by atoms with Crippen molar-refractivity contribution >= 4 is 22.4 Å². The van der Waals surface area contributed by atoms with E-state index in [-0.39, 0.29) is 11.6 Å². The molecule has 106 valence electrons. The molecule has 0 amide bonds. The van der Waals surface area contributed by atoms with Crippen LogP contribution in [-0.4, -0.2) is 36.8 Å². The first kappa shape index (κ1) is 14.3. The van der Waals surface area contributed by atoms with Crippen molar-refractivity contribution in [1.82, 2.24) is 4.98 Å². The number of carbonyl (C=O) groups excluding carboxylic acids is 1. The van der Waals surface area contributed by atoms with Crippen LogP contribution < -0.4 is 5.32 Å². The highest BCUT2D eigenvalue weighted by atomic mass is 32.1. The summed E-state index contributed by atoms with van der Waals surface area (Å²) >= 11 is 1.48. The number of carbonyl (C=O) groups is 1. The summed E-state index contributed by atoms with van der Waals surface area (Å²) in [7, 11) is 1.75. The zero-order valence-electron chi connectivity index (χ0n) is 11.6. The van der Waals surface area contributed by atoms with Crippen molar-refractivity contribution in [2.45, 2.75) is 38.7 Å². The molecule has 1 aromatic heterocycles. The number of esters is 1. The van der Waals surface area contributed by atoms with E-state index in [1.165, 1.54) is 17.8 Å². The van der Waals surface area contributed by atoms with Crippen LogP contribution in [0.15, 0.2) is 0 Å². The van der Waals surface area contributed by atoms with Crippen LogP contribution in [0.1, 0.15) is 41.6 Å². The number of nitrogens with one attached hydrogen (secondary N) is 1. The van der Waals surface area contributed by atoms with Gasteiger partial charge in [0.25, 0.3) is 0 Å². The van der Waals surface area contributed by atoms with Gasteiger partial charge in [-0.05, 0) is 33.1 Å². The second kappa shape index (κ2) is 5.88. The summed E-state index contributed by atoms with van der Waals surface area (Å²) in [4.78, 5) is 16.9. The fourth-order valence-corrected chi connectivity index (χ4v) is 2.92. The average molecular weight is 284 g/mol. The van der Waals surface area contributed by atoms with Gasteiger partial charge in [0, 0.05) is 18.5 Å². The largest absolute Gasteiger partial charge is 0.461 e. The van der Waals surface area contributed by atoms with Gasteiger partial charge >= 0.3 is 5.97 Å². The quantitative estimate of drug-likeness (QED) is 0.814. The lowest BCUT2D eigenvalue weighted by Crippen LogP contribution is -2.45. The standard InChI is InChI=1S/C13H20N2O3S/c1-4-18-11(16)10-9(2)19-12(15-10)14-8-13(17-3)6-5-7-13/h4-8H2,1-3H3,(H,14,15). The van der Waals surface area contributed by atoms with Gasteiger partial charge in [0.15, 0.2) is 10.8 Å². The maximum Gasteiger partial charge on any atom is 0.358 e. The van der Waals surface area contributed by atoms with E-state index in [4.69, 9.17) is 9.47 Å². The van der Waals surface area contributed by atoms with Crippen LogP contribution in [0.2, 0.25) is 0 Å². The third-order valence-corrected chi connectivity index (χ3v) is 4.45. The Hall–Kier alpha value is -1.14. The summed E-state index contributed by atoms with van der Waals surface area (Å²) in [6.45, 7) is 4.77. The highest BCUT2D eigenvalue weighted by Gasteiger charge is 2.37. The van der Waals surface area contributed by atoms with Gasteiger partial charge in [0.1, 0.15) is 0 Å². The molecule has 0 atom stereocenters. The monoisotopic (exact) mass is 284 g/mol. The van der Waals surface area contributed by atoms with E-state index in [1.807, 2.05) is 6.92 Å². The molecule has 0 saturated heterocycles. The van der Waals surface area contributed by atoms with Crippen molar-refractivity contribution < 1.29 is 14.3 Å². The third-order valence-electron chi connectivity index (χ3n) is 3.52. The van der Waals surface area contributed by atoms with Crippen LogP contribution in [0.4, 0.5) is 5.13 Å². The Kier molecular flexibility index (Phi) is 4.42. The zero-order valence-corrected chi connectivity index (χ0v) is 12.4. The van der Waals surface area contributed by atoms with Crippen LogP contribution in [0.25, 0.3) is 0 Å². The fourth-order valence-electron chi connectivity index (χ4n) is 2.12. The van der Waals surface area contributed by atoms with Gasteiger partial charge in [-0.2, -0.15) is 0 Å². The van der Waals surface area contributed by atoms with Gasteiger partial charge in [0.05, 0.1) is 12.2 Å². The van der Waals surface area contributed by atoms with Gasteiger partial charge in [-0.15, -0.1) is 11.3 Å². The highest BCUT2D eigenvalue weighted by Crippen LogP contribution is 2.35. The first-order valence-electron chi connectivity index (χ1n) is 6.54. The zero-order chi connectivity index (χ0) is 13.9. The number of ether oxygens (including phenoxy) is 2. The number of hydrogen-bond donors (Lipinski definition) is 1. The lowest BCUT2D eigenvalue weighted by Gasteiger charge is -2.40. The molecule has 0 unspecified atom stereocenters. The molecule has 0 bridgehead atoms. The minimum Gasteiger partial charge on any atom is -0.461 e. The molecule has 0 aromatic carbocycles. The second-order valence-electron chi connectivity index (χ2n) is 4.74. The number of rotatable bonds is 6. The van der Waals surface area contributed by atoms with Crippen LogP contribution in [0, 0.1) is 6.92 Å². The van der Waals surface area contributed by atoms with Crippen molar-refractivity contribution in [3.05, 3.63) is 10.6 Å². The lowest BCUT2D eigenvalue weighted by atomic mass is 9.80. The predicted molar refractivity (Wildman–Crippen MR) is 74.9 cm³/mol. The Morgan fingerprint density at radius 1 is 1.53 bits per heavy atom. The molecule has 1 N–H and O–H groups in total. The fraction of sp³-hybridized carbons (Fsp3) is 0.692. The molecule has 1 fully saturated rings. The molecule has 1 saturated carbocycles. The van der Waals surface area contributed by atoms with Gasteiger partial charge < -0.3 is 14.8 Å². The summed E-state index contributed by atoms with van der Waals surface area (Å²) in [5, 5.41) is 4.02. The summed E-state index contributed by atoms with van der Waals surface area (Å²) < 4.78 is 10.5. The molecule has 0 aliphatic heterocycles. The topological polar surface area (TPSA) is 60.5 Å². The molecule has 0 radical (unpaired) electrons. The molecule has 1 aliphatic rings. The minimum absolute atomic E-state index is 0.0519. The van der Waals surface area contributed by atoms with Crippen molar-refractivity contribution in [3.8, 4) is 0 Å². The molecule has 1 heterocycles. The van der Waals surface area contributed by atoms with E-state index >= 15 is 0 Å². The van der Waals surface area contributed by atoms with Gasteiger partial charge in [-0.1, -0.05) is 0 Å². The van der Waals surface area contributed by atoms with E-state index < -0.39 is 0 Å². The van der Waals surface area contributed by atoms with Gasteiger partial charge in [0.2, 0.25) is 0 Å². The predicted octanol–water partition coefficient (Wildman–Crippen LogP) is 2.61. The van der Waals surface area contributed by atoms with Gasteiger partial charge in [-0.3, -0.25) is 0 Å².